The summed E-state index contributed by atoms with van der Waals surface area (Å²) in [6.07, 6.45) is 7.80. The van der Waals surface area contributed by atoms with Gasteiger partial charge in [-0.15, -0.1) is 0 Å². The molecule has 0 unspecified atom stereocenters. The lowest BCUT2D eigenvalue weighted by Crippen LogP contribution is -2.44. The normalized spacial score (nSPS) is 24.1. The Labute approximate surface area is 140 Å². The molecule has 3 nitrogen and oxygen atoms in total. The van der Waals surface area contributed by atoms with Crippen molar-refractivity contribution in [2.24, 2.45) is 5.92 Å². The second kappa shape index (κ2) is 9.21. The molecule has 0 spiro atoms. The Morgan fingerprint density at radius 1 is 1.17 bits per heavy atom. The molecule has 23 heavy (non-hydrogen) atoms. The lowest BCUT2D eigenvalue weighted by Gasteiger charge is -2.39. The van der Waals surface area contributed by atoms with Gasteiger partial charge in [0.05, 0.1) is 25.9 Å². The summed E-state index contributed by atoms with van der Waals surface area (Å²) in [4.78, 5) is 0. The molecule has 0 saturated carbocycles. The maximum atomic E-state index is 6.00. The van der Waals surface area contributed by atoms with E-state index in [1.807, 2.05) is 32.0 Å². The van der Waals surface area contributed by atoms with Crippen molar-refractivity contribution in [2.75, 3.05) is 13.2 Å². The lowest BCUT2D eigenvalue weighted by molar-refractivity contribution is -0.291. The number of rotatable bonds is 8. The van der Waals surface area contributed by atoms with Gasteiger partial charge in [-0.1, -0.05) is 49.4 Å². The van der Waals surface area contributed by atoms with Crippen molar-refractivity contribution in [3.05, 3.63) is 48.0 Å². The molecule has 1 heterocycles. The third-order valence-corrected chi connectivity index (χ3v) is 4.09. The molecule has 1 aromatic rings. The highest BCUT2D eigenvalue weighted by Gasteiger charge is 2.33. The van der Waals surface area contributed by atoms with Crippen LogP contribution in [0.3, 0.4) is 0 Å². The van der Waals surface area contributed by atoms with Gasteiger partial charge in [-0.25, -0.2) is 0 Å². The number of benzene rings is 1. The Balaban J connectivity index is 1.55. The first-order valence-electron chi connectivity index (χ1n) is 8.65. The fourth-order valence-electron chi connectivity index (χ4n) is 2.71. The molecule has 0 amide bonds. The first-order valence-corrected chi connectivity index (χ1v) is 8.65. The number of hydrogen-bond acceptors (Lipinski definition) is 3. The third kappa shape index (κ3) is 6.86. The van der Waals surface area contributed by atoms with Crippen LogP contribution in [0.4, 0.5) is 0 Å². The minimum absolute atomic E-state index is 0.290. The molecule has 0 bridgehead atoms. The van der Waals surface area contributed by atoms with Crippen LogP contribution in [0.25, 0.3) is 0 Å². The number of allylic oxidation sites excluding steroid dienone is 1. The average molecular weight is 318 g/mol. The SMILES string of the molecule is C[C@@H]1COC(C)(C)O[C@@H]1CC/C=C/CCOCc1ccccc1. The Morgan fingerprint density at radius 3 is 2.70 bits per heavy atom. The zero-order valence-electron chi connectivity index (χ0n) is 14.7. The second-order valence-electron chi connectivity index (χ2n) is 6.72. The Kier molecular flexibility index (Phi) is 7.28. The van der Waals surface area contributed by atoms with Crippen molar-refractivity contribution in [1.29, 1.82) is 0 Å². The van der Waals surface area contributed by atoms with Crippen LogP contribution in [0, 0.1) is 5.92 Å². The van der Waals surface area contributed by atoms with Gasteiger partial charge >= 0.3 is 0 Å². The Hall–Kier alpha value is -1.16. The van der Waals surface area contributed by atoms with Crippen molar-refractivity contribution in [2.45, 2.75) is 58.5 Å². The van der Waals surface area contributed by atoms with Crippen LogP contribution in [0.5, 0.6) is 0 Å². The Bertz CT molecular complexity index is 467. The van der Waals surface area contributed by atoms with E-state index in [1.54, 1.807) is 0 Å². The molecule has 1 aliphatic rings. The zero-order chi connectivity index (χ0) is 16.5. The van der Waals surface area contributed by atoms with E-state index < -0.39 is 5.79 Å². The molecule has 2 rings (SSSR count). The van der Waals surface area contributed by atoms with Crippen LogP contribution in [0.1, 0.15) is 45.6 Å². The van der Waals surface area contributed by atoms with Gasteiger partial charge in [-0.05, 0) is 38.7 Å². The van der Waals surface area contributed by atoms with Crippen LogP contribution in [-0.4, -0.2) is 25.1 Å². The van der Waals surface area contributed by atoms with E-state index in [0.717, 1.165) is 32.5 Å². The summed E-state index contributed by atoms with van der Waals surface area (Å²) >= 11 is 0. The predicted octanol–water partition coefficient (Wildman–Crippen LogP) is 4.72. The molecule has 0 N–H and O–H groups in total. The van der Waals surface area contributed by atoms with Crippen LogP contribution < -0.4 is 0 Å². The maximum Gasteiger partial charge on any atom is 0.163 e. The average Bonchev–Trinajstić information content (AvgIpc) is 2.54. The first-order chi connectivity index (χ1) is 11.1. The molecule has 0 radical (unpaired) electrons. The van der Waals surface area contributed by atoms with E-state index in [4.69, 9.17) is 14.2 Å². The van der Waals surface area contributed by atoms with Gasteiger partial charge in [0.25, 0.3) is 0 Å². The van der Waals surface area contributed by atoms with Gasteiger partial charge in [0, 0.05) is 5.92 Å². The number of ether oxygens (including phenoxy) is 3. The third-order valence-electron chi connectivity index (χ3n) is 4.09. The summed E-state index contributed by atoms with van der Waals surface area (Å²) in [5.41, 5.74) is 1.23. The summed E-state index contributed by atoms with van der Waals surface area (Å²) in [7, 11) is 0. The molecule has 1 aliphatic heterocycles. The highest BCUT2D eigenvalue weighted by atomic mass is 16.7. The molecular weight excluding hydrogens is 288 g/mol. The van der Waals surface area contributed by atoms with E-state index in [1.165, 1.54) is 5.56 Å². The molecule has 3 heteroatoms. The summed E-state index contributed by atoms with van der Waals surface area (Å²) in [5, 5.41) is 0. The van der Waals surface area contributed by atoms with Gasteiger partial charge in [0.2, 0.25) is 0 Å². The molecule has 1 saturated heterocycles. The molecule has 0 aromatic heterocycles. The van der Waals surface area contributed by atoms with Gasteiger partial charge in [0.1, 0.15) is 0 Å². The highest BCUT2D eigenvalue weighted by molar-refractivity contribution is 5.13. The van der Waals surface area contributed by atoms with E-state index in [-0.39, 0.29) is 6.10 Å². The molecule has 0 aliphatic carbocycles. The van der Waals surface area contributed by atoms with E-state index in [0.29, 0.717) is 12.5 Å². The first kappa shape index (κ1) is 18.2. The van der Waals surface area contributed by atoms with Crippen molar-refractivity contribution >= 4 is 0 Å². The monoisotopic (exact) mass is 318 g/mol. The van der Waals surface area contributed by atoms with Crippen molar-refractivity contribution in [1.82, 2.24) is 0 Å². The minimum Gasteiger partial charge on any atom is -0.376 e. The van der Waals surface area contributed by atoms with Gasteiger partial charge in [-0.3, -0.25) is 0 Å². The molecule has 128 valence electrons. The van der Waals surface area contributed by atoms with Crippen LogP contribution >= 0.6 is 0 Å². The van der Waals surface area contributed by atoms with Gasteiger partial charge < -0.3 is 14.2 Å². The molecule has 2 atom stereocenters. The maximum absolute atomic E-state index is 6.00. The van der Waals surface area contributed by atoms with Crippen LogP contribution in [0.15, 0.2) is 42.5 Å². The van der Waals surface area contributed by atoms with Crippen molar-refractivity contribution < 1.29 is 14.2 Å². The molecular formula is C20H30O3. The smallest absolute Gasteiger partial charge is 0.163 e. The Morgan fingerprint density at radius 2 is 1.91 bits per heavy atom. The topological polar surface area (TPSA) is 27.7 Å². The zero-order valence-corrected chi connectivity index (χ0v) is 14.7. The fraction of sp³-hybridized carbons (Fsp3) is 0.600. The summed E-state index contributed by atoms with van der Waals surface area (Å²) in [5.74, 6) is 0.0252. The van der Waals surface area contributed by atoms with Gasteiger partial charge in [0.15, 0.2) is 5.79 Å². The van der Waals surface area contributed by atoms with E-state index in [2.05, 4.69) is 31.2 Å². The number of hydrogen-bond donors (Lipinski definition) is 0. The molecule has 1 aromatic carbocycles. The van der Waals surface area contributed by atoms with Crippen molar-refractivity contribution in [3.63, 3.8) is 0 Å². The lowest BCUT2D eigenvalue weighted by atomic mass is 9.99. The summed E-state index contributed by atoms with van der Waals surface area (Å²) in [6, 6.07) is 10.3. The predicted molar refractivity (Wildman–Crippen MR) is 93.2 cm³/mol. The molecule has 1 fully saturated rings. The standard InChI is InChI=1S/C20H30O3/c1-17-15-22-20(2,3)23-19(17)13-9-4-5-10-14-21-16-18-11-7-6-8-12-18/h4-8,11-12,17,19H,9-10,13-16H2,1-3H3/b5-4+/t17-,19-/m1/s1. The van der Waals surface area contributed by atoms with Crippen LogP contribution in [-0.2, 0) is 20.8 Å². The summed E-state index contributed by atoms with van der Waals surface area (Å²) in [6.45, 7) is 8.42. The highest BCUT2D eigenvalue weighted by Crippen LogP contribution is 2.28. The van der Waals surface area contributed by atoms with E-state index in [9.17, 15) is 0 Å². The van der Waals surface area contributed by atoms with E-state index >= 15 is 0 Å². The summed E-state index contributed by atoms with van der Waals surface area (Å²) < 4.78 is 17.3. The largest absolute Gasteiger partial charge is 0.376 e. The van der Waals surface area contributed by atoms with Crippen molar-refractivity contribution in [3.8, 4) is 0 Å². The fourth-order valence-corrected chi connectivity index (χ4v) is 2.71. The second-order valence-corrected chi connectivity index (χ2v) is 6.72. The minimum atomic E-state index is -0.438. The van der Waals surface area contributed by atoms with Crippen LogP contribution in [0.2, 0.25) is 0 Å². The quantitative estimate of drug-likeness (QED) is 0.513. The van der Waals surface area contributed by atoms with Gasteiger partial charge in [-0.2, -0.15) is 0 Å².